The summed E-state index contributed by atoms with van der Waals surface area (Å²) in [5.74, 6) is 0.271. The summed E-state index contributed by atoms with van der Waals surface area (Å²) >= 11 is 4.45. The topological polar surface area (TPSA) is 31.9 Å². The molecule has 5 heteroatoms. The number of aromatic nitrogens is 2. The third-order valence-electron chi connectivity index (χ3n) is 3.26. The van der Waals surface area contributed by atoms with Crippen molar-refractivity contribution in [1.82, 2.24) is 9.97 Å². The Bertz CT molecular complexity index is 663. The lowest BCUT2D eigenvalue weighted by molar-refractivity contribution is 0.628. The quantitative estimate of drug-likeness (QED) is 0.781. The zero-order valence-corrected chi connectivity index (χ0v) is 11.6. The highest BCUT2D eigenvalue weighted by Gasteiger charge is 2.20. The van der Waals surface area contributed by atoms with Crippen LogP contribution in [-0.2, 0) is 0 Å². The standard InChI is InChI=1S/C14H14FN3S/c1-8-7-16-14(17-8)9-6-12-10(5-11(9)15)13(19)3-4-18(12)2/h3-7,13,19H,1-2H3,(H,16,17). The third-order valence-corrected chi connectivity index (χ3v) is 3.72. The lowest BCUT2D eigenvalue weighted by atomic mass is 10.0. The molecular weight excluding hydrogens is 261 g/mol. The number of hydrogen-bond acceptors (Lipinski definition) is 3. The Labute approximate surface area is 116 Å². The molecule has 1 aromatic heterocycles. The van der Waals surface area contributed by atoms with Gasteiger partial charge in [0.25, 0.3) is 0 Å². The van der Waals surface area contributed by atoms with Gasteiger partial charge >= 0.3 is 0 Å². The molecule has 19 heavy (non-hydrogen) atoms. The fourth-order valence-corrected chi connectivity index (χ4v) is 2.53. The van der Waals surface area contributed by atoms with E-state index in [4.69, 9.17) is 0 Å². The van der Waals surface area contributed by atoms with Crippen molar-refractivity contribution in [3.63, 3.8) is 0 Å². The van der Waals surface area contributed by atoms with Gasteiger partial charge < -0.3 is 9.88 Å². The van der Waals surface area contributed by atoms with Crippen molar-refractivity contribution in [2.75, 3.05) is 11.9 Å². The number of H-pyrrole nitrogens is 1. The van der Waals surface area contributed by atoms with Crippen LogP contribution in [0.15, 0.2) is 30.6 Å². The average molecular weight is 275 g/mol. The van der Waals surface area contributed by atoms with Gasteiger partial charge in [0.2, 0.25) is 0 Å². The van der Waals surface area contributed by atoms with Crippen LogP contribution in [0.1, 0.15) is 16.5 Å². The number of fused-ring (bicyclic) bond motifs is 1. The number of thiol groups is 1. The Morgan fingerprint density at radius 1 is 1.42 bits per heavy atom. The number of halogens is 1. The predicted molar refractivity (Wildman–Crippen MR) is 78.0 cm³/mol. The van der Waals surface area contributed by atoms with Crippen molar-refractivity contribution in [1.29, 1.82) is 0 Å². The molecule has 1 N–H and O–H groups in total. The van der Waals surface area contributed by atoms with Crippen molar-refractivity contribution in [2.45, 2.75) is 12.2 Å². The molecule has 0 saturated carbocycles. The van der Waals surface area contributed by atoms with E-state index in [0.29, 0.717) is 11.4 Å². The minimum Gasteiger partial charge on any atom is -0.351 e. The molecule has 1 aliphatic heterocycles. The maximum absolute atomic E-state index is 14.2. The molecule has 0 aliphatic carbocycles. The first kappa shape index (κ1) is 12.3. The van der Waals surface area contributed by atoms with Gasteiger partial charge in [0.05, 0.1) is 5.56 Å². The van der Waals surface area contributed by atoms with Crippen LogP contribution in [0.25, 0.3) is 11.4 Å². The maximum atomic E-state index is 14.2. The molecule has 1 aromatic carbocycles. The Balaban J connectivity index is 2.17. The number of imidazole rings is 1. The zero-order chi connectivity index (χ0) is 13.6. The summed E-state index contributed by atoms with van der Waals surface area (Å²) in [5.41, 5.74) is 3.22. The van der Waals surface area contributed by atoms with Crippen molar-refractivity contribution >= 4 is 18.3 Å². The zero-order valence-electron chi connectivity index (χ0n) is 10.7. The second-order valence-electron chi connectivity index (χ2n) is 4.70. The summed E-state index contributed by atoms with van der Waals surface area (Å²) < 4.78 is 14.2. The number of hydrogen-bond donors (Lipinski definition) is 2. The normalized spacial score (nSPS) is 17.7. The largest absolute Gasteiger partial charge is 0.351 e. The van der Waals surface area contributed by atoms with Crippen molar-refractivity contribution in [3.8, 4) is 11.4 Å². The fourth-order valence-electron chi connectivity index (χ4n) is 2.25. The van der Waals surface area contributed by atoms with Gasteiger partial charge in [-0.15, -0.1) is 0 Å². The lowest BCUT2D eigenvalue weighted by Crippen LogP contribution is -2.15. The van der Waals surface area contributed by atoms with Gasteiger partial charge in [0.15, 0.2) is 0 Å². The second-order valence-corrected chi connectivity index (χ2v) is 5.26. The minimum absolute atomic E-state index is 0.0758. The Morgan fingerprint density at radius 2 is 2.21 bits per heavy atom. The molecule has 98 valence electrons. The molecule has 0 spiro atoms. The van der Waals surface area contributed by atoms with Gasteiger partial charge in [0.1, 0.15) is 11.6 Å². The first-order valence-corrected chi connectivity index (χ1v) is 6.52. The Morgan fingerprint density at radius 3 is 2.89 bits per heavy atom. The SMILES string of the molecule is Cc1cnc(-c2cc3c(cc2F)C(S)C=CN3C)[nH]1. The van der Waals surface area contributed by atoms with Crippen LogP contribution in [0.5, 0.6) is 0 Å². The molecular formula is C14H14FN3S. The summed E-state index contributed by atoms with van der Waals surface area (Å²) in [7, 11) is 1.93. The first-order chi connectivity index (χ1) is 9.06. The summed E-state index contributed by atoms with van der Waals surface area (Å²) in [5, 5.41) is -0.0758. The van der Waals surface area contributed by atoms with E-state index in [-0.39, 0.29) is 11.1 Å². The van der Waals surface area contributed by atoms with E-state index in [0.717, 1.165) is 16.9 Å². The lowest BCUT2D eigenvalue weighted by Gasteiger charge is -2.26. The second kappa shape index (κ2) is 4.42. The van der Waals surface area contributed by atoms with Crippen LogP contribution in [0.2, 0.25) is 0 Å². The maximum Gasteiger partial charge on any atom is 0.140 e. The minimum atomic E-state index is -0.282. The molecule has 1 atom stereocenters. The molecule has 2 heterocycles. The fraction of sp³-hybridized carbons (Fsp3) is 0.214. The molecule has 0 bridgehead atoms. The number of nitrogens with zero attached hydrogens (tertiary/aromatic N) is 2. The molecule has 0 fully saturated rings. The third kappa shape index (κ3) is 2.04. The van der Waals surface area contributed by atoms with E-state index in [1.807, 2.05) is 37.2 Å². The molecule has 3 nitrogen and oxygen atoms in total. The summed E-state index contributed by atoms with van der Waals surface area (Å²) in [6.45, 7) is 1.89. The van der Waals surface area contributed by atoms with Gasteiger partial charge in [-0.25, -0.2) is 9.37 Å². The molecule has 0 amide bonds. The number of aryl methyl sites for hydroxylation is 1. The van der Waals surface area contributed by atoms with Crippen molar-refractivity contribution in [3.05, 3.63) is 47.7 Å². The van der Waals surface area contributed by atoms with Crippen LogP contribution in [0.4, 0.5) is 10.1 Å². The molecule has 0 radical (unpaired) electrons. The molecule has 1 aliphatic rings. The molecule has 3 rings (SSSR count). The summed E-state index contributed by atoms with van der Waals surface area (Å²) in [6.07, 6.45) is 5.57. The summed E-state index contributed by atoms with van der Waals surface area (Å²) in [6, 6.07) is 3.36. The monoisotopic (exact) mass is 275 g/mol. The van der Waals surface area contributed by atoms with Crippen LogP contribution in [-0.4, -0.2) is 17.0 Å². The van der Waals surface area contributed by atoms with E-state index in [1.165, 1.54) is 0 Å². The molecule has 1 unspecified atom stereocenters. The van der Waals surface area contributed by atoms with Crippen LogP contribution >= 0.6 is 12.6 Å². The van der Waals surface area contributed by atoms with Crippen LogP contribution < -0.4 is 4.90 Å². The van der Waals surface area contributed by atoms with Crippen molar-refractivity contribution in [2.24, 2.45) is 0 Å². The van der Waals surface area contributed by atoms with Gasteiger partial charge in [0, 0.05) is 36.1 Å². The number of anilines is 1. The first-order valence-electron chi connectivity index (χ1n) is 6.01. The van der Waals surface area contributed by atoms with Gasteiger partial charge in [-0.1, -0.05) is 6.08 Å². The highest BCUT2D eigenvalue weighted by Crippen LogP contribution is 2.38. The smallest absolute Gasteiger partial charge is 0.140 e. The van der Waals surface area contributed by atoms with E-state index >= 15 is 0 Å². The van der Waals surface area contributed by atoms with E-state index in [1.54, 1.807) is 12.3 Å². The Hall–Kier alpha value is -1.75. The highest BCUT2D eigenvalue weighted by molar-refractivity contribution is 7.80. The van der Waals surface area contributed by atoms with Gasteiger partial charge in [-0.05, 0) is 24.6 Å². The number of nitrogens with one attached hydrogen (secondary N) is 1. The molecule has 0 saturated heterocycles. The number of aromatic amines is 1. The number of benzene rings is 1. The number of rotatable bonds is 1. The highest BCUT2D eigenvalue weighted by atomic mass is 32.1. The summed E-state index contributed by atoms with van der Waals surface area (Å²) in [4.78, 5) is 9.21. The van der Waals surface area contributed by atoms with E-state index in [2.05, 4.69) is 22.6 Å². The van der Waals surface area contributed by atoms with Crippen LogP contribution in [0, 0.1) is 12.7 Å². The molecule has 2 aromatic rings. The van der Waals surface area contributed by atoms with E-state index in [9.17, 15) is 4.39 Å². The van der Waals surface area contributed by atoms with E-state index < -0.39 is 0 Å². The predicted octanol–water partition coefficient (Wildman–Crippen LogP) is 3.46. The Kier molecular flexibility index (Phi) is 2.86. The van der Waals surface area contributed by atoms with Crippen LogP contribution in [0.3, 0.4) is 0 Å². The average Bonchev–Trinajstić information content (AvgIpc) is 2.80. The van der Waals surface area contributed by atoms with Gasteiger partial charge in [-0.3, -0.25) is 0 Å². The van der Waals surface area contributed by atoms with Gasteiger partial charge in [-0.2, -0.15) is 12.6 Å². The van der Waals surface area contributed by atoms with Crippen molar-refractivity contribution < 1.29 is 4.39 Å².